The molecule has 0 amide bonds. The largest absolute Gasteiger partial charge is 0.573 e. The first-order valence-electron chi connectivity index (χ1n) is 5.73. The number of hydrogen-bond donors (Lipinski definition) is 1. The number of alkyl halides is 3. The van der Waals surface area contributed by atoms with Gasteiger partial charge in [0.05, 0.1) is 0 Å². The third-order valence-corrected chi connectivity index (χ3v) is 2.34. The van der Waals surface area contributed by atoms with Crippen molar-refractivity contribution in [1.82, 2.24) is 0 Å². The minimum absolute atomic E-state index is 0.0130. The molecule has 0 heterocycles. The van der Waals surface area contributed by atoms with Crippen LogP contribution in [0.2, 0.25) is 0 Å². The topological polar surface area (TPSA) is 55.8 Å². The SMILES string of the molecule is CC(C)(C)c1cc(OCC(=O)O)cc(OC(F)(F)F)c1. The summed E-state index contributed by atoms with van der Waals surface area (Å²) in [5, 5.41) is 8.52. The van der Waals surface area contributed by atoms with Crippen LogP contribution in [0.25, 0.3) is 0 Å². The zero-order valence-electron chi connectivity index (χ0n) is 11.2. The molecule has 7 heteroatoms. The Hall–Kier alpha value is -1.92. The van der Waals surface area contributed by atoms with Gasteiger partial charge in [0.1, 0.15) is 11.5 Å². The fourth-order valence-corrected chi connectivity index (χ4v) is 1.43. The first kappa shape index (κ1) is 16.1. The molecular formula is C13H15F3O4. The van der Waals surface area contributed by atoms with E-state index in [-0.39, 0.29) is 5.75 Å². The van der Waals surface area contributed by atoms with Gasteiger partial charge in [-0.3, -0.25) is 0 Å². The van der Waals surface area contributed by atoms with E-state index >= 15 is 0 Å². The monoisotopic (exact) mass is 292 g/mol. The molecule has 1 N–H and O–H groups in total. The summed E-state index contributed by atoms with van der Waals surface area (Å²) in [5.74, 6) is -1.64. The third-order valence-electron chi connectivity index (χ3n) is 2.34. The first-order valence-corrected chi connectivity index (χ1v) is 5.73. The number of benzene rings is 1. The van der Waals surface area contributed by atoms with E-state index in [4.69, 9.17) is 9.84 Å². The fourth-order valence-electron chi connectivity index (χ4n) is 1.43. The van der Waals surface area contributed by atoms with Gasteiger partial charge in [0.25, 0.3) is 0 Å². The Labute approximate surface area is 114 Å². The highest BCUT2D eigenvalue weighted by molar-refractivity contribution is 5.68. The van der Waals surface area contributed by atoms with E-state index in [1.807, 2.05) is 0 Å². The summed E-state index contributed by atoms with van der Waals surface area (Å²) in [5.41, 5.74) is 0.103. The predicted molar refractivity (Wildman–Crippen MR) is 65.0 cm³/mol. The Bertz CT molecular complexity index is 489. The van der Waals surface area contributed by atoms with E-state index in [2.05, 4.69) is 4.74 Å². The van der Waals surface area contributed by atoms with Crippen LogP contribution in [0.4, 0.5) is 13.2 Å². The maximum atomic E-state index is 12.3. The number of carboxylic acid groups (broad SMARTS) is 1. The Balaban J connectivity index is 3.11. The van der Waals surface area contributed by atoms with E-state index in [1.165, 1.54) is 12.1 Å². The molecule has 0 unspecified atom stereocenters. The molecule has 1 aromatic rings. The number of rotatable bonds is 4. The van der Waals surface area contributed by atoms with Gasteiger partial charge in [0.2, 0.25) is 0 Å². The van der Waals surface area contributed by atoms with Gasteiger partial charge < -0.3 is 14.6 Å². The van der Waals surface area contributed by atoms with Crippen molar-refractivity contribution in [2.75, 3.05) is 6.61 Å². The van der Waals surface area contributed by atoms with Crippen LogP contribution in [0.1, 0.15) is 26.3 Å². The average Bonchev–Trinajstić information content (AvgIpc) is 2.22. The first-order chi connectivity index (χ1) is 8.97. The van der Waals surface area contributed by atoms with Crippen molar-refractivity contribution in [1.29, 1.82) is 0 Å². The van der Waals surface area contributed by atoms with Crippen molar-refractivity contribution in [3.05, 3.63) is 23.8 Å². The van der Waals surface area contributed by atoms with E-state index in [1.54, 1.807) is 20.8 Å². The third kappa shape index (κ3) is 5.38. The maximum absolute atomic E-state index is 12.3. The van der Waals surface area contributed by atoms with Crippen LogP contribution in [-0.2, 0) is 10.2 Å². The predicted octanol–water partition coefficient (Wildman–Crippen LogP) is 3.35. The molecule has 0 saturated carbocycles. The normalized spacial score (nSPS) is 12.1. The number of hydrogen-bond acceptors (Lipinski definition) is 3. The standard InChI is InChI=1S/C13H15F3O4/c1-12(2,3)8-4-9(19-7-11(17)18)6-10(5-8)20-13(14,15)16/h4-6H,7H2,1-3H3,(H,17,18). The van der Waals surface area contributed by atoms with Crippen molar-refractivity contribution in [3.63, 3.8) is 0 Å². The molecule has 0 spiro atoms. The van der Waals surface area contributed by atoms with Crippen LogP contribution in [-0.4, -0.2) is 24.0 Å². The Morgan fingerprint density at radius 2 is 1.70 bits per heavy atom. The van der Waals surface area contributed by atoms with Crippen molar-refractivity contribution >= 4 is 5.97 Å². The number of aliphatic carboxylic acids is 1. The Kier molecular flexibility index (Phi) is 4.52. The summed E-state index contributed by atoms with van der Waals surface area (Å²) < 4.78 is 45.5. The van der Waals surface area contributed by atoms with Crippen molar-refractivity contribution in [2.24, 2.45) is 0 Å². The molecule has 0 saturated heterocycles. The van der Waals surface area contributed by atoms with Crippen molar-refractivity contribution in [3.8, 4) is 11.5 Å². The molecule has 112 valence electrons. The zero-order valence-corrected chi connectivity index (χ0v) is 11.2. The molecule has 1 rings (SSSR count). The molecule has 0 atom stereocenters. The van der Waals surface area contributed by atoms with Gasteiger partial charge in [-0.25, -0.2) is 4.79 Å². The summed E-state index contributed by atoms with van der Waals surface area (Å²) in [6, 6.07) is 3.75. The average molecular weight is 292 g/mol. The lowest BCUT2D eigenvalue weighted by Crippen LogP contribution is -2.19. The second kappa shape index (κ2) is 5.60. The Morgan fingerprint density at radius 1 is 1.15 bits per heavy atom. The van der Waals surface area contributed by atoms with Crippen LogP contribution < -0.4 is 9.47 Å². The highest BCUT2D eigenvalue weighted by atomic mass is 19.4. The molecular weight excluding hydrogens is 277 g/mol. The lowest BCUT2D eigenvalue weighted by Gasteiger charge is -2.21. The second-order valence-corrected chi connectivity index (χ2v) is 5.17. The lowest BCUT2D eigenvalue weighted by atomic mass is 9.87. The minimum atomic E-state index is -4.82. The molecule has 4 nitrogen and oxygen atoms in total. The number of halogens is 3. The summed E-state index contributed by atoms with van der Waals surface area (Å²) in [6.45, 7) is 4.78. The quantitative estimate of drug-likeness (QED) is 0.924. The van der Waals surface area contributed by atoms with Gasteiger partial charge >= 0.3 is 12.3 Å². The van der Waals surface area contributed by atoms with Crippen molar-refractivity contribution < 1.29 is 32.5 Å². The van der Waals surface area contributed by atoms with E-state index in [0.717, 1.165) is 6.07 Å². The molecule has 0 fully saturated rings. The maximum Gasteiger partial charge on any atom is 0.573 e. The smallest absolute Gasteiger partial charge is 0.482 e. The summed E-state index contributed by atoms with van der Waals surface area (Å²) in [4.78, 5) is 10.4. The second-order valence-electron chi connectivity index (χ2n) is 5.17. The van der Waals surface area contributed by atoms with Gasteiger partial charge in [-0.2, -0.15) is 0 Å². The van der Waals surface area contributed by atoms with Crippen LogP contribution >= 0.6 is 0 Å². The molecule has 20 heavy (non-hydrogen) atoms. The van der Waals surface area contributed by atoms with Gasteiger partial charge in [-0.15, -0.1) is 13.2 Å². The zero-order chi connectivity index (χ0) is 15.6. The van der Waals surface area contributed by atoms with Crippen LogP contribution in [0.15, 0.2) is 18.2 Å². The molecule has 0 aliphatic carbocycles. The number of ether oxygens (including phenoxy) is 2. The fraction of sp³-hybridized carbons (Fsp3) is 0.462. The summed E-state index contributed by atoms with van der Waals surface area (Å²) >= 11 is 0. The highest BCUT2D eigenvalue weighted by Crippen LogP contribution is 2.33. The van der Waals surface area contributed by atoms with Gasteiger partial charge in [0.15, 0.2) is 6.61 Å². The van der Waals surface area contributed by atoms with Crippen LogP contribution in [0, 0.1) is 0 Å². The van der Waals surface area contributed by atoms with Gasteiger partial charge in [-0.1, -0.05) is 20.8 Å². The molecule has 1 aromatic carbocycles. The van der Waals surface area contributed by atoms with E-state index in [0.29, 0.717) is 5.56 Å². The molecule has 0 aromatic heterocycles. The molecule has 0 radical (unpaired) electrons. The Morgan fingerprint density at radius 3 is 2.15 bits per heavy atom. The number of carboxylic acids is 1. The minimum Gasteiger partial charge on any atom is -0.482 e. The molecule has 0 aliphatic rings. The summed E-state index contributed by atoms with van der Waals surface area (Å²) in [7, 11) is 0. The highest BCUT2D eigenvalue weighted by Gasteiger charge is 2.32. The number of carbonyl (C=O) groups is 1. The van der Waals surface area contributed by atoms with Crippen LogP contribution in [0.3, 0.4) is 0 Å². The van der Waals surface area contributed by atoms with Crippen LogP contribution in [0.5, 0.6) is 11.5 Å². The van der Waals surface area contributed by atoms with Crippen molar-refractivity contribution in [2.45, 2.75) is 32.5 Å². The van der Waals surface area contributed by atoms with E-state index < -0.39 is 30.1 Å². The molecule has 0 bridgehead atoms. The van der Waals surface area contributed by atoms with E-state index in [9.17, 15) is 18.0 Å². The van der Waals surface area contributed by atoms with Gasteiger partial charge in [0, 0.05) is 6.07 Å². The summed E-state index contributed by atoms with van der Waals surface area (Å²) in [6.07, 6.45) is -4.82. The lowest BCUT2D eigenvalue weighted by molar-refractivity contribution is -0.274. The molecule has 0 aliphatic heterocycles. The van der Waals surface area contributed by atoms with Gasteiger partial charge in [-0.05, 0) is 23.1 Å².